The Kier molecular flexibility index (Phi) is 3.63. The van der Waals surface area contributed by atoms with Gasteiger partial charge in [0.15, 0.2) is 0 Å². The Labute approximate surface area is 129 Å². The first kappa shape index (κ1) is 14.3. The molecule has 3 rings (SSSR count). The van der Waals surface area contributed by atoms with E-state index in [9.17, 15) is 4.79 Å². The second kappa shape index (κ2) is 5.60. The third-order valence-corrected chi connectivity index (χ3v) is 3.85. The number of hydrogen-bond acceptors (Lipinski definition) is 4. The average molecular weight is 294 g/mol. The van der Waals surface area contributed by atoms with Crippen molar-refractivity contribution in [1.29, 1.82) is 5.41 Å². The molecule has 5 nitrogen and oxygen atoms in total. The fourth-order valence-corrected chi connectivity index (χ4v) is 2.71. The molecule has 22 heavy (non-hydrogen) atoms. The molecule has 2 aromatic rings. The Morgan fingerprint density at radius 2 is 2.14 bits per heavy atom. The molecule has 0 aliphatic carbocycles. The lowest BCUT2D eigenvalue weighted by Gasteiger charge is -2.14. The predicted molar refractivity (Wildman–Crippen MR) is 87.3 cm³/mol. The molecule has 5 heteroatoms. The van der Waals surface area contributed by atoms with E-state index in [0.29, 0.717) is 23.4 Å². The molecule has 0 saturated heterocycles. The summed E-state index contributed by atoms with van der Waals surface area (Å²) in [5.74, 6) is 0.0192. The SMILES string of the molecule is Cc1cc(C(=N)c2cc3c(cc2N)NC(=O)CCC3)ccn1. The summed E-state index contributed by atoms with van der Waals surface area (Å²) in [6, 6.07) is 7.36. The third-order valence-electron chi connectivity index (χ3n) is 3.85. The van der Waals surface area contributed by atoms with Crippen LogP contribution in [0, 0.1) is 12.3 Å². The number of nitrogens with one attached hydrogen (secondary N) is 2. The molecule has 112 valence electrons. The van der Waals surface area contributed by atoms with Gasteiger partial charge in [-0.25, -0.2) is 0 Å². The largest absolute Gasteiger partial charge is 0.398 e. The Morgan fingerprint density at radius 3 is 2.91 bits per heavy atom. The first-order valence-electron chi connectivity index (χ1n) is 7.29. The molecule has 0 radical (unpaired) electrons. The van der Waals surface area contributed by atoms with E-state index in [1.54, 1.807) is 12.3 Å². The molecule has 0 unspecified atom stereocenters. The van der Waals surface area contributed by atoms with Gasteiger partial charge in [0.05, 0.1) is 5.71 Å². The van der Waals surface area contributed by atoms with E-state index >= 15 is 0 Å². The number of pyridine rings is 1. The highest BCUT2D eigenvalue weighted by atomic mass is 16.1. The van der Waals surface area contributed by atoms with Crippen molar-refractivity contribution >= 4 is 23.0 Å². The van der Waals surface area contributed by atoms with Crippen molar-refractivity contribution in [2.75, 3.05) is 11.1 Å². The molecule has 2 heterocycles. The number of anilines is 2. The van der Waals surface area contributed by atoms with Crippen LogP contribution in [0.5, 0.6) is 0 Å². The van der Waals surface area contributed by atoms with Gasteiger partial charge in [-0.2, -0.15) is 0 Å². The van der Waals surface area contributed by atoms with Gasteiger partial charge in [-0.3, -0.25) is 15.2 Å². The monoisotopic (exact) mass is 294 g/mol. The number of aryl methyl sites for hydroxylation is 2. The van der Waals surface area contributed by atoms with Gasteiger partial charge in [0.1, 0.15) is 0 Å². The molecule has 4 N–H and O–H groups in total. The lowest BCUT2D eigenvalue weighted by Crippen LogP contribution is -2.11. The summed E-state index contributed by atoms with van der Waals surface area (Å²) in [6.45, 7) is 1.90. The highest BCUT2D eigenvalue weighted by Gasteiger charge is 2.17. The van der Waals surface area contributed by atoms with E-state index in [0.717, 1.165) is 35.3 Å². The second-order valence-electron chi connectivity index (χ2n) is 5.56. The van der Waals surface area contributed by atoms with Crippen molar-refractivity contribution in [3.8, 4) is 0 Å². The standard InChI is InChI=1S/C17H18N4O/c1-10-7-12(5-6-20-10)17(19)13-8-11-3-2-4-16(22)21-15(11)9-14(13)18/h5-9,19H,2-4,18H2,1H3,(H,21,22). The van der Waals surface area contributed by atoms with E-state index in [-0.39, 0.29) is 5.91 Å². The summed E-state index contributed by atoms with van der Waals surface area (Å²) in [4.78, 5) is 15.8. The lowest BCUT2D eigenvalue weighted by atomic mass is 9.96. The number of benzene rings is 1. The van der Waals surface area contributed by atoms with Crippen LogP contribution in [0.25, 0.3) is 0 Å². The molecule has 0 fully saturated rings. The summed E-state index contributed by atoms with van der Waals surface area (Å²) < 4.78 is 0. The zero-order valence-corrected chi connectivity index (χ0v) is 12.4. The van der Waals surface area contributed by atoms with Gasteiger partial charge < -0.3 is 11.1 Å². The Bertz CT molecular complexity index is 767. The number of fused-ring (bicyclic) bond motifs is 1. The lowest BCUT2D eigenvalue weighted by molar-refractivity contribution is -0.116. The number of aromatic nitrogens is 1. The van der Waals surface area contributed by atoms with Crippen LogP contribution in [0.3, 0.4) is 0 Å². The van der Waals surface area contributed by atoms with Crippen molar-refractivity contribution < 1.29 is 4.79 Å². The molecule has 0 saturated carbocycles. The number of amides is 1. The number of hydrogen-bond donors (Lipinski definition) is 3. The Morgan fingerprint density at radius 1 is 1.32 bits per heavy atom. The van der Waals surface area contributed by atoms with Crippen LogP contribution < -0.4 is 11.1 Å². The number of nitrogen functional groups attached to an aromatic ring is 1. The quantitative estimate of drug-likeness (QED) is 0.587. The molecule has 1 aliphatic heterocycles. The first-order chi connectivity index (χ1) is 10.5. The van der Waals surface area contributed by atoms with Crippen molar-refractivity contribution in [1.82, 2.24) is 4.98 Å². The van der Waals surface area contributed by atoms with E-state index in [2.05, 4.69) is 10.3 Å². The minimum Gasteiger partial charge on any atom is -0.398 e. The number of carbonyl (C=O) groups excluding carboxylic acids is 1. The van der Waals surface area contributed by atoms with E-state index in [1.165, 1.54) is 0 Å². The van der Waals surface area contributed by atoms with E-state index < -0.39 is 0 Å². The number of carbonyl (C=O) groups is 1. The van der Waals surface area contributed by atoms with Gasteiger partial charge in [-0.05, 0) is 49.6 Å². The number of nitrogens with zero attached hydrogens (tertiary/aromatic N) is 1. The molecule has 1 aliphatic rings. The van der Waals surface area contributed by atoms with Gasteiger partial charge in [0.2, 0.25) is 5.91 Å². The van der Waals surface area contributed by atoms with Gasteiger partial charge in [0.25, 0.3) is 0 Å². The molecule has 0 atom stereocenters. The highest BCUT2D eigenvalue weighted by Crippen LogP contribution is 2.29. The normalized spacial score (nSPS) is 14.0. The van der Waals surface area contributed by atoms with Gasteiger partial charge in [0, 0.05) is 40.8 Å². The maximum atomic E-state index is 11.6. The second-order valence-corrected chi connectivity index (χ2v) is 5.56. The molecule has 1 aromatic heterocycles. The van der Waals surface area contributed by atoms with Crippen molar-refractivity contribution in [3.63, 3.8) is 0 Å². The van der Waals surface area contributed by atoms with Crippen molar-refractivity contribution in [3.05, 3.63) is 52.8 Å². The summed E-state index contributed by atoms with van der Waals surface area (Å²) >= 11 is 0. The van der Waals surface area contributed by atoms with Crippen LogP contribution in [0.2, 0.25) is 0 Å². The fourth-order valence-electron chi connectivity index (χ4n) is 2.71. The molecular formula is C17H18N4O. The highest BCUT2D eigenvalue weighted by molar-refractivity contribution is 6.14. The Hall–Kier alpha value is -2.69. The van der Waals surface area contributed by atoms with Gasteiger partial charge in [-0.15, -0.1) is 0 Å². The maximum Gasteiger partial charge on any atom is 0.224 e. The van der Waals surface area contributed by atoms with Gasteiger partial charge in [-0.1, -0.05) is 0 Å². The zero-order valence-electron chi connectivity index (χ0n) is 12.4. The van der Waals surface area contributed by atoms with E-state index in [4.69, 9.17) is 11.1 Å². The summed E-state index contributed by atoms with van der Waals surface area (Å²) in [5.41, 5.74) is 11.1. The number of rotatable bonds is 2. The third kappa shape index (κ3) is 2.70. The number of nitrogens with two attached hydrogens (primary N) is 1. The molecular weight excluding hydrogens is 276 g/mol. The van der Waals surface area contributed by atoms with Crippen LogP contribution in [-0.4, -0.2) is 16.6 Å². The molecule has 1 aromatic carbocycles. The van der Waals surface area contributed by atoms with Crippen molar-refractivity contribution in [2.45, 2.75) is 26.2 Å². The maximum absolute atomic E-state index is 11.6. The fraction of sp³-hybridized carbons (Fsp3) is 0.235. The smallest absolute Gasteiger partial charge is 0.224 e. The Balaban J connectivity index is 2.03. The van der Waals surface area contributed by atoms with Crippen LogP contribution in [-0.2, 0) is 11.2 Å². The molecule has 1 amide bonds. The summed E-state index contributed by atoms with van der Waals surface area (Å²) in [5, 5.41) is 11.3. The van der Waals surface area contributed by atoms with E-state index in [1.807, 2.05) is 25.1 Å². The minimum atomic E-state index is 0.0192. The topological polar surface area (TPSA) is 91.9 Å². The van der Waals surface area contributed by atoms with Crippen LogP contribution in [0.15, 0.2) is 30.5 Å². The minimum absolute atomic E-state index is 0.0192. The van der Waals surface area contributed by atoms with Crippen LogP contribution in [0.4, 0.5) is 11.4 Å². The van der Waals surface area contributed by atoms with Crippen LogP contribution >= 0.6 is 0 Å². The zero-order chi connectivity index (χ0) is 15.7. The molecule has 0 bridgehead atoms. The summed E-state index contributed by atoms with van der Waals surface area (Å²) in [6.07, 6.45) is 3.83. The molecule has 0 spiro atoms. The van der Waals surface area contributed by atoms with Gasteiger partial charge >= 0.3 is 0 Å². The predicted octanol–water partition coefficient (Wildman–Crippen LogP) is 2.66. The van der Waals surface area contributed by atoms with Crippen molar-refractivity contribution in [2.24, 2.45) is 0 Å². The first-order valence-corrected chi connectivity index (χ1v) is 7.29. The summed E-state index contributed by atoms with van der Waals surface area (Å²) in [7, 11) is 0. The average Bonchev–Trinajstić information content (AvgIpc) is 2.66. The van der Waals surface area contributed by atoms with Crippen LogP contribution in [0.1, 0.15) is 35.2 Å².